The van der Waals surface area contributed by atoms with Crippen LogP contribution < -0.4 is 4.74 Å². The van der Waals surface area contributed by atoms with Crippen molar-refractivity contribution in [1.82, 2.24) is 0 Å². The first-order valence-electron chi connectivity index (χ1n) is 7.10. The molecule has 0 aromatic heterocycles. The number of hydrogen-bond donors (Lipinski definition) is 1. The molecule has 2 heteroatoms. The summed E-state index contributed by atoms with van der Waals surface area (Å²) in [5, 5.41) is 10.6. The van der Waals surface area contributed by atoms with Crippen molar-refractivity contribution >= 4 is 0 Å². The molecule has 2 unspecified atom stereocenters. The Kier molecular flexibility index (Phi) is 5.19. The molecule has 1 N–H and O–H groups in total. The van der Waals surface area contributed by atoms with Crippen molar-refractivity contribution in [2.24, 2.45) is 5.92 Å². The lowest BCUT2D eigenvalue weighted by atomic mass is 9.88. The van der Waals surface area contributed by atoms with E-state index in [0.29, 0.717) is 0 Å². The van der Waals surface area contributed by atoms with Gasteiger partial charge in [0.25, 0.3) is 0 Å². The Morgan fingerprint density at radius 1 is 1.00 bits per heavy atom. The number of benzene rings is 2. The van der Waals surface area contributed by atoms with Crippen LogP contribution in [0, 0.1) is 5.92 Å². The molecule has 0 bridgehead atoms. The summed E-state index contributed by atoms with van der Waals surface area (Å²) >= 11 is 0. The Hall–Kier alpha value is -1.80. The molecule has 0 aliphatic carbocycles. The maximum Gasteiger partial charge on any atom is 0.118 e. The summed E-state index contributed by atoms with van der Waals surface area (Å²) in [5.41, 5.74) is 2.22. The Morgan fingerprint density at radius 3 is 2.20 bits per heavy atom. The summed E-state index contributed by atoms with van der Waals surface area (Å²) in [6.45, 7) is 2.13. The predicted molar refractivity (Wildman–Crippen MR) is 81.9 cm³/mol. The Balaban J connectivity index is 2.09. The zero-order valence-electron chi connectivity index (χ0n) is 12.1. The van der Waals surface area contributed by atoms with Gasteiger partial charge in [0.15, 0.2) is 0 Å². The highest BCUT2D eigenvalue weighted by Crippen LogP contribution is 2.28. The summed E-state index contributed by atoms with van der Waals surface area (Å²) in [6, 6.07) is 18.0. The normalized spacial score (nSPS) is 13.8. The van der Waals surface area contributed by atoms with Gasteiger partial charge >= 0.3 is 0 Å². The van der Waals surface area contributed by atoms with E-state index in [-0.39, 0.29) is 5.92 Å². The molecule has 2 atom stereocenters. The zero-order valence-corrected chi connectivity index (χ0v) is 12.1. The lowest BCUT2D eigenvalue weighted by Gasteiger charge is -2.22. The van der Waals surface area contributed by atoms with E-state index in [0.717, 1.165) is 24.2 Å². The summed E-state index contributed by atoms with van der Waals surface area (Å²) in [7, 11) is 1.65. The molecule has 0 radical (unpaired) electrons. The van der Waals surface area contributed by atoms with Gasteiger partial charge in [0, 0.05) is 0 Å². The first-order chi connectivity index (χ1) is 9.74. The second-order valence-electron chi connectivity index (χ2n) is 5.08. The molecule has 0 spiro atoms. The van der Waals surface area contributed by atoms with Gasteiger partial charge in [-0.05, 0) is 35.6 Å². The van der Waals surface area contributed by atoms with Crippen LogP contribution in [0.4, 0.5) is 0 Å². The van der Waals surface area contributed by atoms with Crippen molar-refractivity contribution in [3.05, 3.63) is 65.7 Å². The van der Waals surface area contributed by atoms with Gasteiger partial charge in [0.05, 0.1) is 13.2 Å². The molecule has 2 nitrogen and oxygen atoms in total. The number of ether oxygens (including phenoxy) is 1. The molecule has 0 aliphatic heterocycles. The highest BCUT2D eigenvalue weighted by molar-refractivity contribution is 5.29. The van der Waals surface area contributed by atoms with Crippen LogP contribution in [0.2, 0.25) is 0 Å². The minimum atomic E-state index is -0.439. The van der Waals surface area contributed by atoms with Crippen LogP contribution in [-0.4, -0.2) is 12.2 Å². The molecule has 20 heavy (non-hydrogen) atoms. The fraction of sp³-hybridized carbons (Fsp3) is 0.333. The lowest BCUT2D eigenvalue weighted by molar-refractivity contribution is 0.105. The second-order valence-corrected chi connectivity index (χ2v) is 5.08. The van der Waals surface area contributed by atoms with E-state index in [1.165, 1.54) is 5.56 Å². The van der Waals surface area contributed by atoms with Crippen LogP contribution in [0.1, 0.15) is 30.6 Å². The van der Waals surface area contributed by atoms with Gasteiger partial charge in [-0.1, -0.05) is 55.8 Å². The van der Waals surface area contributed by atoms with E-state index >= 15 is 0 Å². The zero-order chi connectivity index (χ0) is 14.4. The van der Waals surface area contributed by atoms with E-state index < -0.39 is 6.10 Å². The van der Waals surface area contributed by atoms with Gasteiger partial charge in [-0.2, -0.15) is 0 Å². The van der Waals surface area contributed by atoms with Crippen LogP contribution >= 0.6 is 0 Å². The molecule has 0 fully saturated rings. The third-order valence-electron chi connectivity index (χ3n) is 3.77. The molecule has 0 amide bonds. The van der Waals surface area contributed by atoms with Crippen LogP contribution in [0.15, 0.2) is 54.6 Å². The minimum absolute atomic E-state index is 0.228. The second kappa shape index (κ2) is 7.11. The van der Waals surface area contributed by atoms with E-state index in [9.17, 15) is 5.11 Å². The molecule has 0 aliphatic rings. The molecular weight excluding hydrogens is 248 g/mol. The highest BCUT2D eigenvalue weighted by atomic mass is 16.5. The van der Waals surface area contributed by atoms with Crippen molar-refractivity contribution in [1.29, 1.82) is 0 Å². The molecule has 2 aromatic rings. The molecular formula is C18H22O2. The highest BCUT2D eigenvalue weighted by Gasteiger charge is 2.19. The van der Waals surface area contributed by atoms with Crippen LogP contribution in [0.3, 0.4) is 0 Å². The van der Waals surface area contributed by atoms with Gasteiger partial charge < -0.3 is 9.84 Å². The minimum Gasteiger partial charge on any atom is -0.497 e. The van der Waals surface area contributed by atoms with Crippen molar-refractivity contribution in [2.75, 3.05) is 7.11 Å². The van der Waals surface area contributed by atoms with Crippen LogP contribution in [-0.2, 0) is 6.42 Å². The van der Waals surface area contributed by atoms with E-state index in [1.807, 2.05) is 42.5 Å². The van der Waals surface area contributed by atoms with Crippen molar-refractivity contribution < 1.29 is 9.84 Å². The molecule has 106 valence electrons. The number of aliphatic hydroxyl groups is 1. The van der Waals surface area contributed by atoms with Gasteiger partial charge in [-0.3, -0.25) is 0 Å². The van der Waals surface area contributed by atoms with E-state index in [2.05, 4.69) is 19.1 Å². The quantitative estimate of drug-likeness (QED) is 0.859. The Morgan fingerprint density at radius 2 is 1.65 bits per heavy atom. The summed E-state index contributed by atoms with van der Waals surface area (Å²) in [6.07, 6.45) is 1.40. The molecule has 2 rings (SSSR count). The molecule has 0 saturated heterocycles. The molecule has 2 aromatic carbocycles. The van der Waals surface area contributed by atoms with E-state index in [1.54, 1.807) is 7.11 Å². The number of aliphatic hydroxyl groups excluding tert-OH is 1. The topological polar surface area (TPSA) is 29.5 Å². The third kappa shape index (κ3) is 3.61. The number of rotatable bonds is 6. The van der Waals surface area contributed by atoms with Crippen LogP contribution in [0.25, 0.3) is 0 Å². The molecule has 0 saturated carbocycles. The Bertz CT molecular complexity index is 505. The van der Waals surface area contributed by atoms with Crippen molar-refractivity contribution in [3.63, 3.8) is 0 Å². The van der Waals surface area contributed by atoms with E-state index in [4.69, 9.17) is 4.74 Å². The largest absolute Gasteiger partial charge is 0.497 e. The van der Waals surface area contributed by atoms with Crippen LogP contribution in [0.5, 0.6) is 5.75 Å². The summed E-state index contributed by atoms with van der Waals surface area (Å²) in [4.78, 5) is 0. The summed E-state index contributed by atoms with van der Waals surface area (Å²) in [5.74, 6) is 1.04. The predicted octanol–water partition coefficient (Wildman–Crippen LogP) is 4.00. The SMILES string of the molecule is CCC(Cc1ccccc1)C(O)c1ccc(OC)cc1. The maximum absolute atomic E-state index is 10.6. The fourth-order valence-electron chi connectivity index (χ4n) is 2.47. The Labute approximate surface area is 121 Å². The average molecular weight is 270 g/mol. The fourth-order valence-corrected chi connectivity index (χ4v) is 2.47. The average Bonchev–Trinajstić information content (AvgIpc) is 2.53. The third-order valence-corrected chi connectivity index (χ3v) is 3.77. The number of hydrogen-bond acceptors (Lipinski definition) is 2. The standard InChI is InChI=1S/C18H22O2/c1-3-15(13-14-7-5-4-6-8-14)18(19)16-9-11-17(20-2)12-10-16/h4-12,15,18-19H,3,13H2,1-2H3. The lowest BCUT2D eigenvalue weighted by Crippen LogP contribution is -2.14. The molecule has 0 heterocycles. The van der Waals surface area contributed by atoms with Gasteiger partial charge in [-0.25, -0.2) is 0 Å². The smallest absolute Gasteiger partial charge is 0.118 e. The van der Waals surface area contributed by atoms with Crippen molar-refractivity contribution in [2.45, 2.75) is 25.9 Å². The van der Waals surface area contributed by atoms with Gasteiger partial charge in [-0.15, -0.1) is 0 Å². The first-order valence-corrected chi connectivity index (χ1v) is 7.10. The van der Waals surface area contributed by atoms with Gasteiger partial charge in [0.2, 0.25) is 0 Å². The number of methoxy groups -OCH3 is 1. The summed E-state index contributed by atoms with van der Waals surface area (Å²) < 4.78 is 5.15. The monoisotopic (exact) mass is 270 g/mol. The maximum atomic E-state index is 10.6. The first kappa shape index (κ1) is 14.6. The van der Waals surface area contributed by atoms with Crippen molar-refractivity contribution in [3.8, 4) is 5.75 Å². The van der Waals surface area contributed by atoms with Gasteiger partial charge in [0.1, 0.15) is 5.75 Å².